The molecule has 1 unspecified atom stereocenters. The molecule has 0 aromatic heterocycles. The normalized spacial score (nSPS) is 14.4. The number of likely N-dealkylation sites (tertiary alicyclic amines) is 1. The maximum absolute atomic E-state index is 12.8. The van der Waals surface area contributed by atoms with E-state index < -0.39 is 6.04 Å². The third kappa shape index (κ3) is 5.94. The highest BCUT2D eigenvalue weighted by Gasteiger charge is 2.24. The van der Waals surface area contributed by atoms with Crippen LogP contribution < -0.4 is 10.6 Å². The summed E-state index contributed by atoms with van der Waals surface area (Å²) in [6, 6.07) is 14.0. The summed E-state index contributed by atoms with van der Waals surface area (Å²) < 4.78 is 0. The van der Waals surface area contributed by atoms with Gasteiger partial charge in [0, 0.05) is 30.8 Å². The quantitative estimate of drug-likeness (QED) is 0.720. The van der Waals surface area contributed by atoms with Crippen LogP contribution >= 0.6 is 0 Å². The Kier molecular flexibility index (Phi) is 7.45. The van der Waals surface area contributed by atoms with Gasteiger partial charge in [0.25, 0.3) is 11.8 Å². The highest BCUT2D eigenvalue weighted by molar-refractivity contribution is 5.97. The zero-order chi connectivity index (χ0) is 22.4. The molecular formula is C25H31N3O3. The van der Waals surface area contributed by atoms with Gasteiger partial charge in [-0.05, 0) is 55.5 Å². The molecular weight excluding hydrogens is 390 g/mol. The van der Waals surface area contributed by atoms with Crippen LogP contribution in [0.3, 0.4) is 0 Å². The van der Waals surface area contributed by atoms with E-state index in [0.717, 1.165) is 37.1 Å². The van der Waals surface area contributed by atoms with Crippen LogP contribution in [0.1, 0.15) is 58.5 Å². The fourth-order valence-corrected chi connectivity index (χ4v) is 3.71. The van der Waals surface area contributed by atoms with Crippen molar-refractivity contribution < 1.29 is 14.4 Å². The molecule has 1 saturated heterocycles. The SMILES string of the molecule is Cc1cccc(C(=O)NC(C(=O)NCc2ccc(C(=O)N3CCCC3)cc2)C(C)C)c1. The number of aryl methyl sites for hydroxylation is 1. The molecule has 0 radical (unpaired) electrons. The van der Waals surface area contributed by atoms with Crippen molar-refractivity contribution in [2.45, 2.75) is 46.2 Å². The lowest BCUT2D eigenvalue weighted by Gasteiger charge is -2.22. The van der Waals surface area contributed by atoms with Gasteiger partial charge in [-0.15, -0.1) is 0 Å². The van der Waals surface area contributed by atoms with Crippen LogP contribution in [0.2, 0.25) is 0 Å². The van der Waals surface area contributed by atoms with Gasteiger partial charge in [0.15, 0.2) is 0 Å². The van der Waals surface area contributed by atoms with E-state index in [1.54, 1.807) is 12.1 Å². The summed E-state index contributed by atoms with van der Waals surface area (Å²) in [5.41, 5.74) is 3.10. The Morgan fingerprint density at radius 3 is 2.26 bits per heavy atom. The number of nitrogens with one attached hydrogen (secondary N) is 2. The van der Waals surface area contributed by atoms with Crippen LogP contribution in [0.5, 0.6) is 0 Å². The molecule has 0 saturated carbocycles. The average molecular weight is 422 g/mol. The van der Waals surface area contributed by atoms with Gasteiger partial charge in [0.05, 0.1) is 0 Å². The zero-order valence-corrected chi connectivity index (χ0v) is 18.5. The first-order valence-corrected chi connectivity index (χ1v) is 10.9. The summed E-state index contributed by atoms with van der Waals surface area (Å²) in [5.74, 6) is -0.489. The summed E-state index contributed by atoms with van der Waals surface area (Å²) in [6.45, 7) is 7.70. The smallest absolute Gasteiger partial charge is 0.253 e. The van der Waals surface area contributed by atoms with Crippen LogP contribution in [0.15, 0.2) is 48.5 Å². The zero-order valence-electron chi connectivity index (χ0n) is 18.5. The van der Waals surface area contributed by atoms with Gasteiger partial charge in [-0.25, -0.2) is 0 Å². The van der Waals surface area contributed by atoms with Crippen LogP contribution in [0, 0.1) is 12.8 Å². The van der Waals surface area contributed by atoms with Crippen molar-refractivity contribution in [3.63, 3.8) is 0 Å². The fraction of sp³-hybridized carbons (Fsp3) is 0.400. The van der Waals surface area contributed by atoms with Gasteiger partial charge in [0.1, 0.15) is 6.04 Å². The lowest BCUT2D eigenvalue weighted by atomic mass is 10.0. The van der Waals surface area contributed by atoms with Crippen molar-refractivity contribution in [1.29, 1.82) is 0 Å². The minimum Gasteiger partial charge on any atom is -0.350 e. The lowest BCUT2D eigenvalue weighted by molar-refractivity contribution is -0.124. The Morgan fingerprint density at radius 1 is 0.968 bits per heavy atom. The van der Waals surface area contributed by atoms with Gasteiger partial charge < -0.3 is 15.5 Å². The Labute approximate surface area is 184 Å². The number of carbonyl (C=O) groups excluding carboxylic acids is 3. The highest BCUT2D eigenvalue weighted by atomic mass is 16.2. The van der Waals surface area contributed by atoms with Gasteiger partial charge in [-0.2, -0.15) is 0 Å². The fourth-order valence-electron chi connectivity index (χ4n) is 3.71. The van der Waals surface area contributed by atoms with E-state index in [0.29, 0.717) is 17.7 Å². The molecule has 1 aliphatic heterocycles. The van der Waals surface area contributed by atoms with E-state index in [9.17, 15) is 14.4 Å². The van der Waals surface area contributed by atoms with Crippen LogP contribution in [-0.2, 0) is 11.3 Å². The lowest BCUT2D eigenvalue weighted by Crippen LogP contribution is -2.49. The Morgan fingerprint density at radius 2 is 1.65 bits per heavy atom. The van der Waals surface area contributed by atoms with Crippen molar-refractivity contribution >= 4 is 17.7 Å². The summed E-state index contributed by atoms with van der Waals surface area (Å²) in [7, 11) is 0. The summed E-state index contributed by atoms with van der Waals surface area (Å²) in [5, 5.41) is 5.75. The third-order valence-electron chi connectivity index (χ3n) is 5.58. The van der Waals surface area contributed by atoms with E-state index in [-0.39, 0.29) is 23.6 Å². The highest BCUT2D eigenvalue weighted by Crippen LogP contribution is 2.14. The monoisotopic (exact) mass is 421 g/mol. The number of carbonyl (C=O) groups is 3. The van der Waals surface area contributed by atoms with Gasteiger partial charge in [-0.3, -0.25) is 14.4 Å². The van der Waals surface area contributed by atoms with E-state index >= 15 is 0 Å². The number of amides is 3. The number of benzene rings is 2. The van der Waals surface area contributed by atoms with E-state index in [1.165, 1.54) is 0 Å². The molecule has 3 rings (SSSR count). The van der Waals surface area contributed by atoms with E-state index in [4.69, 9.17) is 0 Å². The molecule has 0 spiro atoms. The third-order valence-corrected chi connectivity index (χ3v) is 5.58. The second kappa shape index (κ2) is 10.2. The molecule has 2 aromatic rings. The van der Waals surface area contributed by atoms with Gasteiger partial charge in [-0.1, -0.05) is 43.7 Å². The largest absolute Gasteiger partial charge is 0.350 e. The van der Waals surface area contributed by atoms with E-state index in [1.807, 2.05) is 62.1 Å². The number of hydrogen-bond donors (Lipinski definition) is 2. The second-order valence-corrected chi connectivity index (χ2v) is 8.48. The van der Waals surface area contributed by atoms with Crippen molar-refractivity contribution in [3.05, 3.63) is 70.8 Å². The minimum absolute atomic E-state index is 0.0609. The molecule has 1 fully saturated rings. The van der Waals surface area contributed by atoms with Crippen LogP contribution in [-0.4, -0.2) is 41.8 Å². The number of nitrogens with zero attached hydrogens (tertiary/aromatic N) is 1. The molecule has 0 aliphatic carbocycles. The predicted octanol–water partition coefficient (Wildman–Crippen LogP) is 3.30. The molecule has 1 heterocycles. The molecule has 1 atom stereocenters. The Balaban J connectivity index is 1.57. The number of rotatable bonds is 7. The molecule has 2 aromatic carbocycles. The van der Waals surface area contributed by atoms with Crippen molar-refractivity contribution in [2.75, 3.05) is 13.1 Å². The predicted molar refractivity (Wildman–Crippen MR) is 121 cm³/mol. The summed E-state index contributed by atoms with van der Waals surface area (Å²) >= 11 is 0. The standard InChI is InChI=1S/C25H31N3O3/c1-17(2)22(27-23(29)21-8-6-7-18(3)15-21)24(30)26-16-19-9-11-20(12-10-19)25(31)28-13-4-5-14-28/h6-12,15,17,22H,4-5,13-14,16H2,1-3H3,(H,26,30)(H,27,29). The van der Waals surface area contributed by atoms with Crippen LogP contribution in [0.25, 0.3) is 0 Å². The topological polar surface area (TPSA) is 78.5 Å². The number of hydrogen-bond acceptors (Lipinski definition) is 3. The minimum atomic E-state index is -0.635. The molecule has 31 heavy (non-hydrogen) atoms. The second-order valence-electron chi connectivity index (χ2n) is 8.48. The van der Waals surface area contributed by atoms with Crippen LogP contribution in [0.4, 0.5) is 0 Å². The van der Waals surface area contributed by atoms with Crippen molar-refractivity contribution in [3.8, 4) is 0 Å². The first-order valence-electron chi connectivity index (χ1n) is 10.9. The Bertz CT molecular complexity index is 931. The summed E-state index contributed by atoms with van der Waals surface area (Å²) in [6.07, 6.45) is 2.13. The van der Waals surface area contributed by atoms with Crippen molar-refractivity contribution in [1.82, 2.24) is 15.5 Å². The molecule has 0 bridgehead atoms. The first kappa shape index (κ1) is 22.5. The Hall–Kier alpha value is -3.15. The molecule has 3 amide bonds. The molecule has 6 heteroatoms. The molecule has 2 N–H and O–H groups in total. The van der Waals surface area contributed by atoms with Gasteiger partial charge >= 0.3 is 0 Å². The van der Waals surface area contributed by atoms with Crippen molar-refractivity contribution in [2.24, 2.45) is 5.92 Å². The molecule has 164 valence electrons. The maximum Gasteiger partial charge on any atom is 0.253 e. The van der Waals surface area contributed by atoms with E-state index in [2.05, 4.69) is 10.6 Å². The average Bonchev–Trinajstić information content (AvgIpc) is 3.30. The molecule has 6 nitrogen and oxygen atoms in total. The summed E-state index contributed by atoms with van der Waals surface area (Å²) in [4.78, 5) is 39.6. The molecule has 1 aliphatic rings. The maximum atomic E-state index is 12.8. The van der Waals surface area contributed by atoms with Gasteiger partial charge in [0.2, 0.25) is 5.91 Å². The first-order chi connectivity index (χ1) is 14.8.